The van der Waals surface area contributed by atoms with E-state index in [-0.39, 0.29) is 5.91 Å². The molecular formula is C10H14N2O. The predicted octanol–water partition coefficient (Wildman–Crippen LogP) is 0.813. The van der Waals surface area contributed by atoms with Crippen LogP contribution in [0.25, 0.3) is 0 Å². The number of nitrogens with two attached hydrogens (primary N) is 1. The highest BCUT2D eigenvalue weighted by Crippen LogP contribution is 2.10. The van der Waals surface area contributed by atoms with Crippen molar-refractivity contribution < 1.29 is 4.79 Å². The molecule has 0 bridgehead atoms. The van der Waals surface area contributed by atoms with Gasteiger partial charge in [0.25, 0.3) is 0 Å². The molecule has 0 atom stereocenters. The van der Waals surface area contributed by atoms with Crippen LogP contribution in [0.15, 0.2) is 18.2 Å². The monoisotopic (exact) mass is 178 g/mol. The van der Waals surface area contributed by atoms with Gasteiger partial charge in [0, 0.05) is 12.1 Å². The largest absolute Gasteiger partial charge is 0.366 e. The highest BCUT2D eigenvalue weighted by atomic mass is 16.1. The first-order valence-electron chi connectivity index (χ1n) is 4.19. The predicted molar refractivity (Wildman–Crippen MR) is 52.5 cm³/mol. The second kappa shape index (κ2) is 4.05. The van der Waals surface area contributed by atoms with Crippen molar-refractivity contribution in [3.63, 3.8) is 0 Å². The van der Waals surface area contributed by atoms with Crippen LogP contribution in [0.4, 0.5) is 0 Å². The van der Waals surface area contributed by atoms with Crippen LogP contribution in [0.5, 0.6) is 0 Å². The lowest BCUT2D eigenvalue weighted by molar-refractivity contribution is 0.1000. The van der Waals surface area contributed by atoms with Gasteiger partial charge in [-0.05, 0) is 37.2 Å². The van der Waals surface area contributed by atoms with E-state index >= 15 is 0 Å². The van der Waals surface area contributed by atoms with Crippen molar-refractivity contribution >= 4 is 5.91 Å². The number of benzene rings is 1. The van der Waals surface area contributed by atoms with E-state index in [0.717, 1.165) is 12.1 Å². The number of carbonyl (C=O) groups is 1. The Balaban J connectivity index is 2.98. The van der Waals surface area contributed by atoms with E-state index in [1.807, 2.05) is 26.1 Å². The second-order valence-electron chi connectivity index (χ2n) is 3.04. The lowest BCUT2D eigenvalue weighted by Crippen LogP contribution is -2.12. The third-order valence-electron chi connectivity index (χ3n) is 1.99. The molecule has 0 fully saturated rings. The maximum atomic E-state index is 10.8. The molecular weight excluding hydrogens is 164 g/mol. The van der Waals surface area contributed by atoms with Crippen molar-refractivity contribution in [1.82, 2.24) is 5.32 Å². The fourth-order valence-corrected chi connectivity index (χ4v) is 1.24. The van der Waals surface area contributed by atoms with Crippen LogP contribution >= 0.6 is 0 Å². The summed E-state index contributed by atoms with van der Waals surface area (Å²) in [4.78, 5) is 10.8. The van der Waals surface area contributed by atoms with Gasteiger partial charge in [0.1, 0.15) is 0 Å². The SMILES string of the molecule is CNCc1ccc(C(N)=O)cc1C. The van der Waals surface area contributed by atoms with E-state index in [1.165, 1.54) is 5.56 Å². The van der Waals surface area contributed by atoms with Gasteiger partial charge in [-0.3, -0.25) is 4.79 Å². The van der Waals surface area contributed by atoms with Gasteiger partial charge in [-0.1, -0.05) is 6.07 Å². The second-order valence-corrected chi connectivity index (χ2v) is 3.04. The minimum Gasteiger partial charge on any atom is -0.366 e. The van der Waals surface area contributed by atoms with Crippen LogP contribution in [0, 0.1) is 6.92 Å². The van der Waals surface area contributed by atoms with Gasteiger partial charge in [-0.2, -0.15) is 0 Å². The molecule has 3 heteroatoms. The summed E-state index contributed by atoms with van der Waals surface area (Å²) in [5.74, 6) is -0.376. The minimum atomic E-state index is -0.376. The molecule has 1 amide bonds. The van der Waals surface area contributed by atoms with E-state index in [2.05, 4.69) is 5.32 Å². The number of nitrogens with one attached hydrogen (secondary N) is 1. The lowest BCUT2D eigenvalue weighted by atomic mass is 10.0. The Labute approximate surface area is 77.9 Å². The Kier molecular flexibility index (Phi) is 3.03. The average molecular weight is 178 g/mol. The third kappa shape index (κ3) is 2.29. The number of hydrogen-bond donors (Lipinski definition) is 2. The molecule has 0 aliphatic heterocycles. The van der Waals surface area contributed by atoms with Crippen LogP contribution in [0.3, 0.4) is 0 Å². The fraction of sp³-hybridized carbons (Fsp3) is 0.300. The molecule has 0 aromatic heterocycles. The molecule has 0 spiro atoms. The van der Waals surface area contributed by atoms with E-state index in [4.69, 9.17) is 5.73 Å². The summed E-state index contributed by atoms with van der Waals surface area (Å²) in [6.45, 7) is 2.78. The molecule has 1 aromatic rings. The van der Waals surface area contributed by atoms with Crippen molar-refractivity contribution in [2.24, 2.45) is 5.73 Å². The molecule has 70 valence electrons. The van der Waals surface area contributed by atoms with E-state index in [0.29, 0.717) is 5.56 Å². The smallest absolute Gasteiger partial charge is 0.248 e. The van der Waals surface area contributed by atoms with Crippen molar-refractivity contribution in [1.29, 1.82) is 0 Å². The molecule has 0 unspecified atom stereocenters. The highest BCUT2D eigenvalue weighted by Gasteiger charge is 2.02. The van der Waals surface area contributed by atoms with E-state index < -0.39 is 0 Å². The fourth-order valence-electron chi connectivity index (χ4n) is 1.24. The maximum absolute atomic E-state index is 10.8. The molecule has 3 N–H and O–H groups in total. The summed E-state index contributed by atoms with van der Waals surface area (Å²) < 4.78 is 0. The van der Waals surface area contributed by atoms with Crippen molar-refractivity contribution in [2.45, 2.75) is 13.5 Å². The molecule has 1 rings (SSSR count). The van der Waals surface area contributed by atoms with Gasteiger partial charge < -0.3 is 11.1 Å². The zero-order valence-electron chi connectivity index (χ0n) is 7.92. The summed E-state index contributed by atoms with van der Waals surface area (Å²) in [6, 6.07) is 5.49. The summed E-state index contributed by atoms with van der Waals surface area (Å²) in [6.07, 6.45) is 0. The van der Waals surface area contributed by atoms with Crippen molar-refractivity contribution in [3.05, 3.63) is 34.9 Å². The number of primary amides is 1. The van der Waals surface area contributed by atoms with Crippen molar-refractivity contribution in [3.8, 4) is 0 Å². The van der Waals surface area contributed by atoms with Crippen molar-refractivity contribution in [2.75, 3.05) is 7.05 Å². The van der Waals surface area contributed by atoms with E-state index in [1.54, 1.807) is 6.07 Å². The molecule has 0 radical (unpaired) electrons. The summed E-state index contributed by atoms with van der Waals surface area (Å²) in [7, 11) is 1.89. The van der Waals surface area contributed by atoms with Crippen LogP contribution in [0.2, 0.25) is 0 Å². The summed E-state index contributed by atoms with van der Waals surface area (Å²) >= 11 is 0. The lowest BCUT2D eigenvalue weighted by Gasteiger charge is -2.05. The Morgan fingerprint density at radius 2 is 2.23 bits per heavy atom. The van der Waals surface area contributed by atoms with Gasteiger partial charge in [0.2, 0.25) is 5.91 Å². The normalized spacial score (nSPS) is 10.0. The van der Waals surface area contributed by atoms with E-state index in [9.17, 15) is 4.79 Å². The first-order valence-corrected chi connectivity index (χ1v) is 4.19. The Morgan fingerprint density at radius 1 is 1.54 bits per heavy atom. The zero-order valence-corrected chi connectivity index (χ0v) is 7.92. The molecule has 13 heavy (non-hydrogen) atoms. The van der Waals surface area contributed by atoms with Gasteiger partial charge >= 0.3 is 0 Å². The summed E-state index contributed by atoms with van der Waals surface area (Å²) in [5, 5.41) is 3.06. The first-order chi connectivity index (χ1) is 6.15. The third-order valence-corrected chi connectivity index (χ3v) is 1.99. The quantitative estimate of drug-likeness (QED) is 0.719. The van der Waals surface area contributed by atoms with Crippen LogP contribution in [0.1, 0.15) is 21.5 Å². The zero-order chi connectivity index (χ0) is 9.84. The highest BCUT2D eigenvalue weighted by molar-refractivity contribution is 5.93. The molecule has 0 heterocycles. The maximum Gasteiger partial charge on any atom is 0.248 e. The molecule has 1 aromatic carbocycles. The standard InChI is InChI=1S/C10H14N2O/c1-7-5-8(10(11)13)3-4-9(7)6-12-2/h3-5,12H,6H2,1-2H3,(H2,11,13). The summed E-state index contributed by atoms with van der Waals surface area (Å²) in [5.41, 5.74) is 8.00. The Hall–Kier alpha value is -1.35. The number of rotatable bonds is 3. The van der Waals surface area contributed by atoms with Crippen LogP contribution in [-0.2, 0) is 6.54 Å². The topological polar surface area (TPSA) is 55.1 Å². The van der Waals surface area contributed by atoms with Gasteiger partial charge in [-0.15, -0.1) is 0 Å². The molecule has 0 aliphatic rings. The molecule has 3 nitrogen and oxygen atoms in total. The molecule has 0 saturated carbocycles. The number of aryl methyl sites for hydroxylation is 1. The Morgan fingerprint density at radius 3 is 2.69 bits per heavy atom. The Bertz CT molecular complexity index is 321. The van der Waals surface area contributed by atoms with Crippen LogP contribution < -0.4 is 11.1 Å². The van der Waals surface area contributed by atoms with Crippen LogP contribution in [-0.4, -0.2) is 13.0 Å². The number of carbonyl (C=O) groups excluding carboxylic acids is 1. The molecule has 0 aliphatic carbocycles. The van der Waals surface area contributed by atoms with Gasteiger partial charge in [-0.25, -0.2) is 0 Å². The number of amides is 1. The van der Waals surface area contributed by atoms with Gasteiger partial charge in [0.05, 0.1) is 0 Å². The van der Waals surface area contributed by atoms with Gasteiger partial charge in [0.15, 0.2) is 0 Å². The molecule has 0 saturated heterocycles. The first kappa shape index (κ1) is 9.74. The minimum absolute atomic E-state index is 0.376. The number of hydrogen-bond acceptors (Lipinski definition) is 2. The average Bonchev–Trinajstić information content (AvgIpc) is 2.08.